The molecule has 136 valence electrons. The van der Waals surface area contributed by atoms with Crippen molar-refractivity contribution in [1.82, 2.24) is 10.2 Å². The number of methoxy groups -OCH3 is 1. The van der Waals surface area contributed by atoms with E-state index in [1.807, 2.05) is 12.2 Å². The Bertz CT molecular complexity index is 776. The third-order valence-electron chi connectivity index (χ3n) is 5.59. The Labute approximate surface area is 151 Å². The molecule has 5 unspecified atom stereocenters. The van der Waals surface area contributed by atoms with Crippen LogP contribution in [0.25, 0.3) is 0 Å². The van der Waals surface area contributed by atoms with Gasteiger partial charge in [-0.25, -0.2) is 4.79 Å². The maximum atomic E-state index is 12.7. The van der Waals surface area contributed by atoms with E-state index in [9.17, 15) is 14.4 Å². The summed E-state index contributed by atoms with van der Waals surface area (Å²) in [5.74, 6) is -0.0511. The topological polar surface area (TPSA) is 87.7 Å². The quantitative estimate of drug-likeness (QED) is 0.638. The number of likely N-dealkylation sites (tertiary alicyclic amines) is 1. The minimum Gasteiger partial charge on any atom is -0.495 e. The number of ether oxygens (including phenoxy) is 1. The van der Waals surface area contributed by atoms with Gasteiger partial charge in [0.05, 0.1) is 24.6 Å². The Morgan fingerprint density at radius 1 is 1.15 bits per heavy atom. The number of imide groups is 1. The SMILES string of the molecule is COc1ccccc1NC(=O)NC(C)N1C(=O)C2C3C=CC(C3)C2C1=O. The van der Waals surface area contributed by atoms with Gasteiger partial charge in [0.1, 0.15) is 11.9 Å². The second-order valence-electron chi connectivity index (χ2n) is 7.02. The first-order valence-corrected chi connectivity index (χ1v) is 8.77. The van der Waals surface area contributed by atoms with Crippen molar-refractivity contribution in [2.24, 2.45) is 23.7 Å². The average Bonchev–Trinajstić information content (AvgIpc) is 3.29. The summed E-state index contributed by atoms with van der Waals surface area (Å²) in [4.78, 5) is 39.0. The van der Waals surface area contributed by atoms with Crippen molar-refractivity contribution in [2.45, 2.75) is 19.5 Å². The van der Waals surface area contributed by atoms with E-state index >= 15 is 0 Å². The molecule has 2 aliphatic carbocycles. The highest BCUT2D eigenvalue weighted by Crippen LogP contribution is 2.52. The van der Waals surface area contributed by atoms with Crippen molar-refractivity contribution in [3.63, 3.8) is 0 Å². The highest BCUT2D eigenvalue weighted by atomic mass is 16.5. The number of hydrogen-bond donors (Lipinski definition) is 2. The zero-order chi connectivity index (χ0) is 18.4. The van der Waals surface area contributed by atoms with E-state index < -0.39 is 12.2 Å². The minimum absolute atomic E-state index is 0.154. The fourth-order valence-electron chi connectivity index (χ4n) is 4.47. The number of hydrogen-bond acceptors (Lipinski definition) is 4. The molecule has 1 aliphatic heterocycles. The van der Waals surface area contributed by atoms with Crippen LogP contribution in [0.5, 0.6) is 5.75 Å². The van der Waals surface area contributed by atoms with Gasteiger partial charge in [-0.2, -0.15) is 0 Å². The van der Waals surface area contributed by atoms with Crippen LogP contribution in [-0.4, -0.2) is 36.0 Å². The van der Waals surface area contributed by atoms with E-state index in [-0.39, 0.29) is 35.5 Å². The van der Waals surface area contributed by atoms with Crippen molar-refractivity contribution in [3.05, 3.63) is 36.4 Å². The van der Waals surface area contributed by atoms with Crippen LogP contribution >= 0.6 is 0 Å². The van der Waals surface area contributed by atoms with Gasteiger partial charge in [-0.15, -0.1) is 0 Å². The number of nitrogens with zero attached hydrogens (tertiary/aromatic N) is 1. The molecule has 2 bridgehead atoms. The van der Waals surface area contributed by atoms with E-state index in [4.69, 9.17) is 4.74 Å². The van der Waals surface area contributed by atoms with Gasteiger partial charge < -0.3 is 15.4 Å². The summed E-state index contributed by atoms with van der Waals surface area (Å²) in [6.07, 6.45) is 4.27. The first-order valence-electron chi connectivity index (χ1n) is 8.77. The largest absolute Gasteiger partial charge is 0.495 e. The number of carbonyl (C=O) groups excluding carboxylic acids is 3. The lowest BCUT2D eigenvalue weighted by Gasteiger charge is -2.25. The number of fused-ring (bicyclic) bond motifs is 5. The van der Waals surface area contributed by atoms with E-state index in [1.165, 1.54) is 12.0 Å². The lowest BCUT2D eigenvalue weighted by atomic mass is 9.85. The first kappa shape index (κ1) is 16.6. The normalized spacial score (nSPS) is 29.7. The maximum absolute atomic E-state index is 12.7. The number of urea groups is 1. The van der Waals surface area contributed by atoms with Gasteiger partial charge in [0.2, 0.25) is 11.8 Å². The van der Waals surface area contributed by atoms with E-state index in [1.54, 1.807) is 31.2 Å². The molecule has 3 aliphatic rings. The number of allylic oxidation sites excluding steroid dienone is 2. The van der Waals surface area contributed by atoms with Gasteiger partial charge in [-0.3, -0.25) is 14.5 Å². The predicted octanol–water partition coefficient (Wildman–Crippen LogP) is 1.97. The number of rotatable bonds is 4. The molecule has 4 amide bonds. The van der Waals surface area contributed by atoms with Crippen molar-refractivity contribution < 1.29 is 19.1 Å². The van der Waals surface area contributed by atoms with Gasteiger partial charge in [-0.05, 0) is 37.3 Å². The number of carbonyl (C=O) groups is 3. The first-order chi connectivity index (χ1) is 12.5. The molecular formula is C19H21N3O4. The van der Waals surface area contributed by atoms with Crippen molar-refractivity contribution in [2.75, 3.05) is 12.4 Å². The van der Waals surface area contributed by atoms with Crippen LogP contribution in [0.3, 0.4) is 0 Å². The van der Waals surface area contributed by atoms with Gasteiger partial charge in [-0.1, -0.05) is 24.3 Å². The highest BCUT2D eigenvalue weighted by molar-refractivity contribution is 6.07. The molecule has 1 saturated heterocycles. The number of anilines is 1. The molecule has 1 heterocycles. The molecule has 2 N–H and O–H groups in total. The summed E-state index contributed by atoms with van der Waals surface area (Å²) < 4.78 is 5.20. The molecule has 1 saturated carbocycles. The summed E-state index contributed by atoms with van der Waals surface area (Å²) in [6.45, 7) is 1.65. The number of benzene rings is 1. The number of amides is 4. The zero-order valence-corrected chi connectivity index (χ0v) is 14.6. The molecule has 0 radical (unpaired) electrons. The average molecular weight is 355 g/mol. The fourth-order valence-corrected chi connectivity index (χ4v) is 4.47. The second-order valence-corrected chi connectivity index (χ2v) is 7.02. The summed E-state index contributed by atoms with van der Waals surface area (Å²) in [6, 6.07) is 6.52. The van der Waals surface area contributed by atoms with Crippen LogP contribution < -0.4 is 15.4 Å². The minimum atomic E-state index is -0.713. The van der Waals surface area contributed by atoms with E-state index in [2.05, 4.69) is 10.6 Å². The molecule has 1 aromatic rings. The van der Waals surface area contributed by atoms with E-state index in [0.717, 1.165) is 6.42 Å². The molecule has 7 nitrogen and oxygen atoms in total. The molecule has 4 rings (SSSR count). The summed E-state index contributed by atoms with van der Waals surface area (Å²) in [5.41, 5.74) is 0.512. The molecule has 0 aromatic heterocycles. The van der Waals surface area contributed by atoms with Gasteiger partial charge >= 0.3 is 6.03 Å². The van der Waals surface area contributed by atoms with Gasteiger partial charge in [0.15, 0.2) is 0 Å². The molecule has 2 fully saturated rings. The maximum Gasteiger partial charge on any atom is 0.320 e. The molecule has 26 heavy (non-hydrogen) atoms. The summed E-state index contributed by atoms with van der Waals surface area (Å²) >= 11 is 0. The van der Waals surface area contributed by atoms with Crippen LogP contribution in [0.15, 0.2) is 36.4 Å². The van der Waals surface area contributed by atoms with Gasteiger partial charge in [0.25, 0.3) is 0 Å². The van der Waals surface area contributed by atoms with Crippen molar-refractivity contribution >= 4 is 23.5 Å². The van der Waals surface area contributed by atoms with Crippen LogP contribution in [0.1, 0.15) is 13.3 Å². The Morgan fingerprint density at radius 3 is 2.38 bits per heavy atom. The molecular weight excluding hydrogens is 334 g/mol. The molecule has 1 aromatic carbocycles. The monoisotopic (exact) mass is 355 g/mol. The smallest absolute Gasteiger partial charge is 0.320 e. The standard InChI is InChI=1S/C19H21N3O4/c1-10(20-19(25)21-13-5-3-4-6-14(13)26-2)22-17(23)15-11-7-8-12(9-11)16(15)18(22)24/h3-8,10-12,15-16H,9H2,1-2H3,(H2,20,21,25). The molecule has 7 heteroatoms. The third-order valence-corrected chi connectivity index (χ3v) is 5.59. The number of nitrogens with one attached hydrogen (secondary N) is 2. The summed E-state index contributed by atoms with van der Waals surface area (Å²) in [5, 5.41) is 5.37. The predicted molar refractivity (Wildman–Crippen MR) is 94.2 cm³/mol. The van der Waals surface area contributed by atoms with Crippen LogP contribution in [0.2, 0.25) is 0 Å². The Morgan fingerprint density at radius 2 is 1.77 bits per heavy atom. The lowest BCUT2D eigenvalue weighted by Crippen LogP contribution is -2.51. The number of para-hydroxylation sites is 2. The Kier molecular flexibility index (Phi) is 3.94. The van der Waals surface area contributed by atoms with Crippen LogP contribution in [-0.2, 0) is 9.59 Å². The highest BCUT2D eigenvalue weighted by Gasteiger charge is 2.60. The third kappa shape index (κ3) is 2.46. The zero-order valence-electron chi connectivity index (χ0n) is 14.6. The van der Waals surface area contributed by atoms with E-state index in [0.29, 0.717) is 11.4 Å². The Balaban J connectivity index is 1.44. The van der Waals surface area contributed by atoms with Crippen LogP contribution in [0.4, 0.5) is 10.5 Å². The Hall–Kier alpha value is -2.83. The van der Waals surface area contributed by atoms with Crippen molar-refractivity contribution in [3.8, 4) is 5.75 Å². The second kappa shape index (κ2) is 6.16. The lowest BCUT2D eigenvalue weighted by molar-refractivity contribution is -0.143. The van der Waals surface area contributed by atoms with Crippen LogP contribution in [0, 0.1) is 23.7 Å². The molecule has 5 atom stereocenters. The van der Waals surface area contributed by atoms with Crippen molar-refractivity contribution in [1.29, 1.82) is 0 Å². The van der Waals surface area contributed by atoms with Gasteiger partial charge in [0, 0.05) is 0 Å². The fraction of sp³-hybridized carbons (Fsp3) is 0.421. The molecule has 0 spiro atoms. The summed E-state index contributed by atoms with van der Waals surface area (Å²) in [7, 11) is 1.52.